The van der Waals surface area contributed by atoms with Crippen molar-refractivity contribution < 1.29 is 14.5 Å². The van der Waals surface area contributed by atoms with Gasteiger partial charge in [-0.1, -0.05) is 12.1 Å². The largest absolute Gasteiger partial charge is 0.382 e. The average molecular weight is 533 g/mol. The molecular formula is C20H32IN5O4. The molecule has 9 nitrogen and oxygen atoms in total. The average Bonchev–Trinajstić information content (AvgIpc) is 3.13. The first-order chi connectivity index (χ1) is 14.1. The number of likely N-dealkylation sites (tertiary alicyclic amines) is 1. The van der Waals surface area contributed by atoms with Gasteiger partial charge in [0.15, 0.2) is 5.96 Å². The van der Waals surface area contributed by atoms with Gasteiger partial charge < -0.3 is 20.3 Å². The van der Waals surface area contributed by atoms with E-state index in [4.69, 9.17) is 4.74 Å². The Labute approximate surface area is 194 Å². The minimum Gasteiger partial charge on any atom is -0.382 e. The van der Waals surface area contributed by atoms with Crippen molar-refractivity contribution in [3.05, 3.63) is 39.9 Å². The molecule has 2 N–H and O–H groups in total. The number of guanidine groups is 1. The third-order valence-electron chi connectivity index (χ3n) is 4.60. The van der Waals surface area contributed by atoms with Gasteiger partial charge in [0.25, 0.3) is 5.69 Å². The highest BCUT2D eigenvalue weighted by molar-refractivity contribution is 14.0. The molecule has 1 fully saturated rings. The van der Waals surface area contributed by atoms with Crippen LogP contribution in [0.3, 0.4) is 0 Å². The molecule has 0 aromatic heterocycles. The number of aliphatic imine (C=N–C) groups is 1. The summed E-state index contributed by atoms with van der Waals surface area (Å²) in [6.07, 6.45) is 3.34. The van der Waals surface area contributed by atoms with E-state index in [1.807, 2.05) is 11.8 Å². The van der Waals surface area contributed by atoms with Gasteiger partial charge in [0.1, 0.15) is 0 Å². The van der Waals surface area contributed by atoms with Crippen molar-refractivity contribution in [2.24, 2.45) is 4.99 Å². The molecule has 0 radical (unpaired) electrons. The molecule has 0 spiro atoms. The van der Waals surface area contributed by atoms with E-state index >= 15 is 0 Å². The molecule has 0 unspecified atom stereocenters. The quantitative estimate of drug-likeness (QED) is 0.107. The molecule has 10 heteroatoms. The molecule has 1 heterocycles. The van der Waals surface area contributed by atoms with Crippen LogP contribution in [0.2, 0.25) is 0 Å². The summed E-state index contributed by atoms with van der Waals surface area (Å²) in [5.41, 5.74) is 0.968. The van der Waals surface area contributed by atoms with E-state index in [1.54, 1.807) is 12.1 Å². The number of nitrogens with zero attached hydrogens (tertiary/aromatic N) is 3. The number of benzene rings is 1. The standard InChI is InChI=1S/C20H31N5O4.HI/c1-2-29-15-5-12-22-20(21-11-4-14-24-13-3-6-19(24)26)23-16-17-7-9-18(10-8-17)25(27)28;/h7-10H,2-6,11-16H2,1H3,(H2,21,22,23);1H. The first kappa shape index (κ1) is 26.1. The van der Waals surface area contributed by atoms with Crippen LogP contribution in [0.5, 0.6) is 0 Å². The fourth-order valence-corrected chi connectivity index (χ4v) is 3.01. The Morgan fingerprint density at radius 2 is 1.93 bits per heavy atom. The Kier molecular flexibility index (Phi) is 13.0. The van der Waals surface area contributed by atoms with Crippen LogP contribution in [0.4, 0.5) is 5.69 Å². The predicted octanol–water partition coefficient (Wildman–Crippen LogP) is 2.69. The smallest absolute Gasteiger partial charge is 0.269 e. The molecule has 0 atom stereocenters. The highest BCUT2D eigenvalue weighted by Gasteiger charge is 2.18. The van der Waals surface area contributed by atoms with Crippen LogP contribution in [0, 0.1) is 10.1 Å². The van der Waals surface area contributed by atoms with E-state index in [1.165, 1.54) is 12.1 Å². The summed E-state index contributed by atoms with van der Waals surface area (Å²) >= 11 is 0. The summed E-state index contributed by atoms with van der Waals surface area (Å²) in [4.78, 5) is 28.5. The van der Waals surface area contributed by atoms with Crippen LogP contribution in [0.15, 0.2) is 29.3 Å². The fraction of sp³-hybridized carbons (Fsp3) is 0.600. The Bertz CT molecular complexity index is 684. The molecule has 1 aliphatic rings. The third kappa shape index (κ3) is 9.70. The molecule has 1 saturated heterocycles. The van der Waals surface area contributed by atoms with Crippen molar-refractivity contribution in [1.82, 2.24) is 15.5 Å². The third-order valence-corrected chi connectivity index (χ3v) is 4.60. The van der Waals surface area contributed by atoms with E-state index in [0.29, 0.717) is 38.7 Å². The number of carbonyl (C=O) groups excluding carboxylic acids is 1. The lowest BCUT2D eigenvalue weighted by atomic mass is 10.2. The number of nitro groups is 1. The van der Waals surface area contributed by atoms with E-state index in [9.17, 15) is 14.9 Å². The Morgan fingerprint density at radius 1 is 1.23 bits per heavy atom. The molecule has 0 aliphatic carbocycles. The van der Waals surface area contributed by atoms with Crippen LogP contribution in [-0.4, -0.2) is 61.1 Å². The van der Waals surface area contributed by atoms with Gasteiger partial charge in [-0.05, 0) is 31.7 Å². The van der Waals surface area contributed by atoms with Crippen molar-refractivity contribution in [2.75, 3.05) is 39.4 Å². The van der Waals surface area contributed by atoms with Gasteiger partial charge >= 0.3 is 0 Å². The van der Waals surface area contributed by atoms with Gasteiger partial charge in [-0.2, -0.15) is 0 Å². The fourth-order valence-electron chi connectivity index (χ4n) is 3.01. The number of carbonyl (C=O) groups is 1. The van der Waals surface area contributed by atoms with E-state index in [0.717, 1.165) is 44.5 Å². The predicted molar refractivity (Wildman–Crippen MR) is 127 cm³/mol. The van der Waals surface area contributed by atoms with Crippen molar-refractivity contribution >= 4 is 41.5 Å². The summed E-state index contributed by atoms with van der Waals surface area (Å²) in [5.74, 6) is 0.929. The Hall–Kier alpha value is -1.95. The first-order valence-electron chi connectivity index (χ1n) is 10.2. The van der Waals surface area contributed by atoms with Crippen molar-refractivity contribution in [3.8, 4) is 0 Å². The molecule has 0 saturated carbocycles. The second-order valence-corrected chi connectivity index (χ2v) is 6.83. The van der Waals surface area contributed by atoms with Crippen molar-refractivity contribution in [2.45, 2.75) is 39.2 Å². The monoisotopic (exact) mass is 533 g/mol. The number of ether oxygens (including phenoxy) is 1. The number of nitro benzene ring substituents is 1. The molecule has 1 aromatic rings. The van der Waals surface area contributed by atoms with E-state index < -0.39 is 4.92 Å². The van der Waals surface area contributed by atoms with Crippen LogP contribution in [0.1, 0.15) is 38.2 Å². The zero-order valence-corrected chi connectivity index (χ0v) is 19.8. The van der Waals surface area contributed by atoms with Crippen LogP contribution >= 0.6 is 24.0 Å². The van der Waals surface area contributed by atoms with Gasteiger partial charge in [0.05, 0.1) is 11.5 Å². The van der Waals surface area contributed by atoms with Crippen LogP contribution in [-0.2, 0) is 16.1 Å². The zero-order valence-electron chi connectivity index (χ0n) is 17.5. The topological polar surface area (TPSA) is 109 Å². The van der Waals surface area contributed by atoms with E-state index in [-0.39, 0.29) is 35.6 Å². The first-order valence-corrected chi connectivity index (χ1v) is 10.2. The molecule has 1 aliphatic heterocycles. The number of non-ortho nitro benzene ring substituents is 1. The van der Waals surface area contributed by atoms with Gasteiger partial charge in [-0.25, -0.2) is 4.99 Å². The second kappa shape index (κ2) is 14.9. The Balaban J connectivity index is 0.00000450. The number of hydrogen-bond donors (Lipinski definition) is 2. The lowest BCUT2D eigenvalue weighted by molar-refractivity contribution is -0.384. The highest BCUT2D eigenvalue weighted by Crippen LogP contribution is 2.12. The lowest BCUT2D eigenvalue weighted by Gasteiger charge is -2.17. The van der Waals surface area contributed by atoms with E-state index in [2.05, 4.69) is 15.6 Å². The normalized spacial score (nSPS) is 13.8. The van der Waals surface area contributed by atoms with Gasteiger partial charge in [-0.3, -0.25) is 14.9 Å². The molecule has 168 valence electrons. The molecule has 1 aromatic carbocycles. The second-order valence-electron chi connectivity index (χ2n) is 6.83. The minimum absolute atomic E-state index is 0. The molecule has 1 amide bonds. The van der Waals surface area contributed by atoms with Gasteiger partial charge in [0, 0.05) is 57.9 Å². The number of hydrogen-bond acceptors (Lipinski definition) is 5. The molecule has 0 bridgehead atoms. The molecule has 30 heavy (non-hydrogen) atoms. The maximum absolute atomic E-state index is 11.7. The SMILES string of the molecule is CCOCCCNC(=NCc1ccc([N+](=O)[O-])cc1)NCCCN1CCCC1=O.I. The minimum atomic E-state index is -0.412. The number of nitrogens with one attached hydrogen (secondary N) is 2. The number of amides is 1. The number of halogens is 1. The maximum atomic E-state index is 11.7. The van der Waals surface area contributed by atoms with Crippen LogP contribution < -0.4 is 10.6 Å². The lowest BCUT2D eigenvalue weighted by Crippen LogP contribution is -2.39. The Morgan fingerprint density at radius 3 is 2.53 bits per heavy atom. The van der Waals surface area contributed by atoms with Gasteiger partial charge in [0.2, 0.25) is 5.91 Å². The zero-order chi connectivity index (χ0) is 20.9. The van der Waals surface area contributed by atoms with Crippen LogP contribution in [0.25, 0.3) is 0 Å². The van der Waals surface area contributed by atoms with Gasteiger partial charge in [-0.15, -0.1) is 24.0 Å². The van der Waals surface area contributed by atoms with Crippen molar-refractivity contribution in [3.63, 3.8) is 0 Å². The number of rotatable bonds is 12. The summed E-state index contributed by atoms with van der Waals surface area (Å²) in [5, 5.41) is 17.3. The van der Waals surface area contributed by atoms with Crippen molar-refractivity contribution in [1.29, 1.82) is 0 Å². The maximum Gasteiger partial charge on any atom is 0.269 e. The summed E-state index contributed by atoms with van der Waals surface area (Å²) in [6, 6.07) is 6.40. The molecule has 2 rings (SSSR count). The summed E-state index contributed by atoms with van der Waals surface area (Å²) in [6.45, 7) is 6.84. The molecular weight excluding hydrogens is 501 g/mol. The highest BCUT2D eigenvalue weighted by atomic mass is 127. The summed E-state index contributed by atoms with van der Waals surface area (Å²) < 4.78 is 5.35. The summed E-state index contributed by atoms with van der Waals surface area (Å²) in [7, 11) is 0.